The predicted octanol–water partition coefficient (Wildman–Crippen LogP) is 3.32. The maximum atomic E-state index is 12.7. The number of carbonyl (C=O) groups excluding carboxylic acids is 1. The largest absolute Gasteiger partial charge is 0.327 e. The summed E-state index contributed by atoms with van der Waals surface area (Å²) in [5.41, 5.74) is 2.23. The van der Waals surface area contributed by atoms with Crippen molar-refractivity contribution in [3.8, 4) is 0 Å². The summed E-state index contributed by atoms with van der Waals surface area (Å²) in [6.45, 7) is 0. The number of para-hydroxylation sites is 1. The van der Waals surface area contributed by atoms with Crippen LogP contribution in [0.2, 0.25) is 0 Å². The number of pyridine rings is 1. The lowest BCUT2D eigenvalue weighted by atomic mass is 10.0. The molecule has 4 rings (SSSR count). The molecule has 0 bridgehead atoms. The maximum Gasteiger partial charge on any atom is 0.272 e. The van der Waals surface area contributed by atoms with Gasteiger partial charge in [-0.25, -0.2) is 0 Å². The first-order chi connectivity index (χ1) is 13.2. The van der Waals surface area contributed by atoms with Crippen LogP contribution in [-0.4, -0.2) is 16.6 Å². The van der Waals surface area contributed by atoms with Crippen molar-refractivity contribution >= 4 is 23.0 Å². The van der Waals surface area contributed by atoms with E-state index in [1.54, 1.807) is 12.1 Å². The highest BCUT2D eigenvalue weighted by molar-refractivity contribution is 6.43. The Kier molecular flexibility index (Phi) is 4.53. The highest BCUT2D eigenvalue weighted by Gasteiger charge is 2.32. The van der Waals surface area contributed by atoms with Crippen LogP contribution in [0.4, 0.5) is 11.4 Å². The van der Waals surface area contributed by atoms with Gasteiger partial charge in [-0.05, 0) is 29.8 Å². The second-order valence-corrected chi connectivity index (χ2v) is 6.22. The Labute approximate surface area is 156 Å². The quantitative estimate of drug-likeness (QED) is 0.751. The molecule has 1 aliphatic rings. The fourth-order valence-electron chi connectivity index (χ4n) is 3.12. The van der Waals surface area contributed by atoms with Gasteiger partial charge in [-0.2, -0.15) is 5.10 Å². The summed E-state index contributed by atoms with van der Waals surface area (Å²) < 4.78 is 0. The topological polar surface area (TPSA) is 77.6 Å². The van der Waals surface area contributed by atoms with Crippen molar-refractivity contribution < 1.29 is 4.79 Å². The number of nitrogens with one attached hydrogen (secondary N) is 2. The monoisotopic (exact) mass is 358 g/mol. The van der Waals surface area contributed by atoms with Gasteiger partial charge in [-0.15, -0.1) is 0 Å². The van der Waals surface area contributed by atoms with E-state index < -0.39 is 0 Å². The number of aromatic amines is 1. The van der Waals surface area contributed by atoms with Crippen molar-refractivity contribution in [2.24, 2.45) is 5.10 Å². The van der Waals surface area contributed by atoms with Gasteiger partial charge in [0.05, 0.1) is 11.7 Å². The van der Waals surface area contributed by atoms with Crippen LogP contribution in [0.25, 0.3) is 0 Å². The van der Waals surface area contributed by atoms with Crippen molar-refractivity contribution in [1.82, 2.24) is 4.98 Å². The molecule has 27 heavy (non-hydrogen) atoms. The number of anilines is 2. The van der Waals surface area contributed by atoms with Crippen LogP contribution in [0.15, 0.2) is 88.9 Å². The molecule has 0 saturated heterocycles. The molecule has 3 aromatic rings. The molecule has 6 nitrogen and oxygen atoms in total. The van der Waals surface area contributed by atoms with E-state index in [2.05, 4.69) is 15.4 Å². The van der Waals surface area contributed by atoms with Crippen LogP contribution < -0.4 is 15.9 Å². The van der Waals surface area contributed by atoms with E-state index in [9.17, 15) is 9.59 Å². The van der Waals surface area contributed by atoms with Gasteiger partial charge in [0, 0.05) is 12.6 Å². The molecule has 1 atom stereocenters. The fraction of sp³-hybridized carbons (Fsp3) is 0.0952. The molecule has 0 spiro atoms. The lowest BCUT2D eigenvalue weighted by molar-refractivity contribution is -0.110. The van der Waals surface area contributed by atoms with Gasteiger partial charge in [0.2, 0.25) is 0 Å². The van der Waals surface area contributed by atoms with Crippen molar-refractivity contribution in [2.45, 2.75) is 12.5 Å². The van der Waals surface area contributed by atoms with Gasteiger partial charge in [0.15, 0.2) is 0 Å². The van der Waals surface area contributed by atoms with E-state index in [0.717, 1.165) is 11.3 Å². The van der Waals surface area contributed by atoms with Crippen molar-refractivity contribution in [3.05, 3.63) is 94.9 Å². The summed E-state index contributed by atoms with van der Waals surface area (Å²) in [6, 6.07) is 22.8. The third kappa shape index (κ3) is 3.50. The van der Waals surface area contributed by atoms with Gasteiger partial charge in [0.25, 0.3) is 11.5 Å². The van der Waals surface area contributed by atoms with E-state index in [-0.39, 0.29) is 23.2 Å². The lowest BCUT2D eigenvalue weighted by Crippen LogP contribution is -2.25. The molecule has 1 aromatic heterocycles. The molecule has 0 saturated carbocycles. The summed E-state index contributed by atoms with van der Waals surface area (Å²) in [7, 11) is 0. The average molecular weight is 358 g/mol. The standard InChI is InChI=1S/C21H18N4O2/c26-20-17(12-7-13-22-20)23-21(27)18-14-19(15-8-3-1-4-9-15)25(24-18)16-10-5-2-6-11-16/h1-13,19H,14H2,(H,22,26)(H,23,27)/t19-/m0/s1. The number of nitrogens with zero attached hydrogens (tertiary/aromatic N) is 2. The van der Waals surface area contributed by atoms with Gasteiger partial charge >= 0.3 is 0 Å². The molecule has 0 radical (unpaired) electrons. The Morgan fingerprint density at radius 3 is 2.41 bits per heavy atom. The Morgan fingerprint density at radius 1 is 1.00 bits per heavy atom. The number of hydrazone groups is 1. The minimum atomic E-state index is -0.369. The van der Waals surface area contributed by atoms with Crippen LogP contribution in [0, 0.1) is 0 Å². The highest BCUT2D eigenvalue weighted by Crippen LogP contribution is 2.35. The maximum absolute atomic E-state index is 12.7. The number of hydrogen-bond acceptors (Lipinski definition) is 4. The zero-order valence-corrected chi connectivity index (χ0v) is 14.5. The summed E-state index contributed by atoms with van der Waals surface area (Å²) >= 11 is 0. The molecule has 2 aromatic carbocycles. The molecule has 1 amide bonds. The summed E-state index contributed by atoms with van der Waals surface area (Å²) in [5.74, 6) is -0.369. The normalized spacial score (nSPS) is 16.1. The molecule has 6 heteroatoms. The highest BCUT2D eigenvalue weighted by atomic mass is 16.2. The zero-order valence-electron chi connectivity index (χ0n) is 14.5. The first kappa shape index (κ1) is 16.8. The van der Waals surface area contributed by atoms with Gasteiger partial charge < -0.3 is 10.3 Å². The molecular weight excluding hydrogens is 340 g/mol. The number of carbonyl (C=O) groups is 1. The minimum absolute atomic E-state index is 0.0802. The van der Waals surface area contributed by atoms with Crippen LogP contribution in [-0.2, 0) is 4.79 Å². The molecular formula is C21H18N4O2. The molecule has 2 heterocycles. The third-order valence-corrected chi connectivity index (χ3v) is 4.44. The number of benzene rings is 2. The Hall–Kier alpha value is -3.67. The molecule has 1 aliphatic heterocycles. The van der Waals surface area contributed by atoms with Gasteiger partial charge in [-0.1, -0.05) is 48.5 Å². The molecule has 2 N–H and O–H groups in total. The Bertz CT molecular complexity index is 1030. The number of amides is 1. The summed E-state index contributed by atoms with van der Waals surface area (Å²) in [6.07, 6.45) is 1.98. The van der Waals surface area contributed by atoms with Crippen LogP contribution in [0.1, 0.15) is 18.0 Å². The Balaban J connectivity index is 1.64. The smallest absolute Gasteiger partial charge is 0.272 e. The number of rotatable bonds is 4. The molecule has 134 valence electrons. The van der Waals surface area contributed by atoms with Gasteiger partial charge in [-0.3, -0.25) is 14.6 Å². The van der Waals surface area contributed by atoms with Crippen LogP contribution >= 0.6 is 0 Å². The van der Waals surface area contributed by atoms with Crippen molar-refractivity contribution in [1.29, 1.82) is 0 Å². The van der Waals surface area contributed by atoms with Crippen LogP contribution in [0.3, 0.4) is 0 Å². The molecule has 0 fully saturated rings. The van der Waals surface area contributed by atoms with Crippen LogP contribution in [0.5, 0.6) is 0 Å². The second-order valence-electron chi connectivity index (χ2n) is 6.22. The van der Waals surface area contributed by atoms with Gasteiger partial charge in [0.1, 0.15) is 11.4 Å². The minimum Gasteiger partial charge on any atom is -0.327 e. The predicted molar refractivity (Wildman–Crippen MR) is 106 cm³/mol. The SMILES string of the molecule is O=C(Nc1ccc[nH]c1=O)C1=NN(c2ccccc2)[C@H](c2ccccc2)C1. The summed E-state index contributed by atoms with van der Waals surface area (Å²) in [4.78, 5) is 27.1. The van der Waals surface area contributed by atoms with E-state index in [1.165, 1.54) is 6.20 Å². The van der Waals surface area contributed by atoms with E-state index >= 15 is 0 Å². The molecule has 0 aliphatic carbocycles. The van der Waals surface area contributed by atoms with Crippen molar-refractivity contribution in [3.63, 3.8) is 0 Å². The Morgan fingerprint density at radius 2 is 1.70 bits per heavy atom. The first-order valence-corrected chi connectivity index (χ1v) is 8.68. The first-order valence-electron chi connectivity index (χ1n) is 8.68. The second kappa shape index (κ2) is 7.29. The number of hydrogen-bond donors (Lipinski definition) is 2. The number of H-pyrrole nitrogens is 1. The van der Waals surface area contributed by atoms with E-state index in [1.807, 2.05) is 65.7 Å². The molecule has 0 unspecified atom stereocenters. The van der Waals surface area contributed by atoms with E-state index in [4.69, 9.17) is 0 Å². The van der Waals surface area contributed by atoms with E-state index in [0.29, 0.717) is 12.1 Å². The zero-order chi connectivity index (χ0) is 18.6. The third-order valence-electron chi connectivity index (χ3n) is 4.44. The lowest BCUT2D eigenvalue weighted by Gasteiger charge is -2.23. The van der Waals surface area contributed by atoms with Crippen molar-refractivity contribution in [2.75, 3.05) is 10.3 Å². The summed E-state index contributed by atoms with van der Waals surface area (Å²) in [5, 5.41) is 9.08. The average Bonchev–Trinajstić information content (AvgIpc) is 3.17. The fourth-order valence-corrected chi connectivity index (χ4v) is 3.12. The number of aromatic nitrogens is 1.